The van der Waals surface area contributed by atoms with Crippen LogP contribution in [-0.2, 0) is 33.0 Å². The molecule has 1 aromatic carbocycles. The Balaban J connectivity index is 2.96. The zero-order valence-corrected chi connectivity index (χ0v) is 17.7. The van der Waals surface area contributed by atoms with Gasteiger partial charge in [-0.1, -0.05) is 50.6 Å². The molecule has 0 fully saturated rings. The molecule has 0 radical (unpaired) electrons. The summed E-state index contributed by atoms with van der Waals surface area (Å²) in [4.78, 5) is 9.12. The Labute approximate surface area is 154 Å². The van der Waals surface area contributed by atoms with E-state index in [2.05, 4.69) is 9.05 Å². The minimum Gasteiger partial charge on any atom is -0.507 e. The number of phenols is 1. The zero-order chi connectivity index (χ0) is 19.4. The van der Waals surface area contributed by atoms with Gasteiger partial charge in [0.25, 0.3) is 6.79 Å². The highest BCUT2D eigenvalue weighted by Gasteiger charge is 2.29. The fourth-order valence-corrected chi connectivity index (χ4v) is 3.46. The fraction of sp³-hybridized carbons (Fsp3) is 0.600. The molecular weight excluding hydrogens is 386 g/mol. The predicted octanol–water partition coefficient (Wildman–Crippen LogP) is 5.31. The van der Waals surface area contributed by atoms with Crippen molar-refractivity contribution in [2.75, 3.05) is 6.79 Å². The van der Waals surface area contributed by atoms with Crippen molar-refractivity contribution in [2.24, 2.45) is 0 Å². The Morgan fingerprint density at radius 3 is 1.88 bits per heavy atom. The van der Waals surface area contributed by atoms with Crippen LogP contribution in [-0.4, -0.2) is 16.8 Å². The van der Waals surface area contributed by atoms with Crippen LogP contribution in [0.15, 0.2) is 17.0 Å². The molecule has 0 aliphatic heterocycles. The Bertz CT molecular complexity index is 615. The van der Waals surface area contributed by atoms with Gasteiger partial charge in [0.15, 0.2) is 0 Å². The van der Waals surface area contributed by atoms with Crippen LogP contribution in [0.25, 0.3) is 0 Å². The fourth-order valence-electron chi connectivity index (χ4n) is 2.01. The van der Waals surface area contributed by atoms with Crippen LogP contribution in [0, 0.1) is 0 Å². The lowest BCUT2D eigenvalue weighted by molar-refractivity contribution is 0.113. The number of hydrogen-bond acceptors (Lipinski definition) is 7. The van der Waals surface area contributed by atoms with Gasteiger partial charge in [0.05, 0.1) is 12.0 Å². The second-order valence-electron chi connectivity index (χ2n) is 7.36. The molecule has 0 amide bonds. The van der Waals surface area contributed by atoms with Gasteiger partial charge in [-0.05, 0) is 26.9 Å². The molecule has 0 saturated carbocycles. The summed E-state index contributed by atoms with van der Waals surface area (Å²) in [6, 6.07) is 3.55. The van der Waals surface area contributed by atoms with Crippen LogP contribution in [0.1, 0.15) is 52.7 Å². The third-order valence-corrected chi connectivity index (χ3v) is 5.07. The van der Waals surface area contributed by atoms with Crippen LogP contribution in [0.2, 0.25) is 0 Å². The first-order chi connectivity index (χ1) is 11.3. The summed E-state index contributed by atoms with van der Waals surface area (Å²) < 4.78 is 35.9. The molecule has 1 rings (SSSR count). The molecular formula is C15H24O7P2S+2. The molecule has 0 spiro atoms. The number of benzene rings is 1. The number of hydrogen-bond donors (Lipinski definition) is 2. The smallest absolute Gasteiger partial charge is 0.507 e. The molecule has 0 aliphatic carbocycles. The lowest BCUT2D eigenvalue weighted by atomic mass is 9.79. The zero-order valence-electron chi connectivity index (χ0n) is 15.1. The van der Waals surface area contributed by atoms with Gasteiger partial charge in [-0.2, -0.15) is 0 Å². The minimum atomic E-state index is -2.82. The van der Waals surface area contributed by atoms with Crippen molar-refractivity contribution >= 4 is 28.6 Å². The van der Waals surface area contributed by atoms with E-state index in [4.69, 9.17) is 8.86 Å². The Kier molecular flexibility index (Phi) is 7.96. The Morgan fingerprint density at radius 1 is 1.00 bits per heavy atom. The maximum absolute atomic E-state index is 11.6. The Morgan fingerprint density at radius 2 is 1.48 bits per heavy atom. The van der Waals surface area contributed by atoms with Crippen LogP contribution < -0.4 is 0 Å². The maximum atomic E-state index is 11.6. The van der Waals surface area contributed by atoms with Gasteiger partial charge >= 0.3 is 16.5 Å². The van der Waals surface area contributed by atoms with Crippen molar-refractivity contribution in [1.82, 2.24) is 0 Å². The van der Waals surface area contributed by atoms with E-state index in [0.717, 1.165) is 23.2 Å². The molecule has 0 aromatic heterocycles. The summed E-state index contributed by atoms with van der Waals surface area (Å²) in [7, 11) is -5.35. The largest absolute Gasteiger partial charge is 0.712 e. The molecule has 7 nitrogen and oxygen atoms in total. The highest BCUT2D eigenvalue weighted by molar-refractivity contribution is 7.97. The molecule has 2 N–H and O–H groups in total. The van der Waals surface area contributed by atoms with Crippen molar-refractivity contribution in [2.45, 2.75) is 57.3 Å². The molecule has 1 aromatic rings. The van der Waals surface area contributed by atoms with E-state index in [1.807, 2.05) is 41.5 Å². The van der Waals surface area contributed by atoms with Gasteiger partial charge in [-0.25, -0.2) is 0 Å². The van der Waals surface area contributed by atoms with Crippen molar-refractivity contribution in [3.63, 3.8) is 0 Å². The second kappa shape index (κ2) is 8.87. The molecule has 0 bridgehead atoms. The lowest BCUT2D eigenvalue weighted by Gasteiger charge is -2.27. The minimum absolute atomic E-state index is 0.241. The first-order valence-electron chi connectivity index (χ1n) is 7.44. The molecule has 2 atom stereocenters. The van der Waals surface area contributed by atoms with Gasteiger partial charge in [0.2, 0.25) is 0 Å². The van der Waals surface area contributed by atoms with E-state index in [1.165, 1.54) is 0 Å². The van der Waals surface area contributed by atoms with E-state index >= 15 is 0 Å². The molecule has 140 valence electrons. The summed E-state index contributed by atoms with van der Waals surface area (Å²) >= 11 is 0.846. The summed E-state index contributed by atoms with van der Waals surface area (Å²) in [5.74, 6) is 0.241. The van der Waals surface area contributed by atoms with E-state index in [1.54, 1.807) is 12.1 Å². The summed E-state index contributed by atoms with van der Waals surface area (Å²) in [5, 5.41) is 10.6. The van der Waals surface area contributed by atoms with Gasteiger partial charge in [0, 0.05) is 25.2 Å². The van der Waals surface area contributed by atoms with E-state index in [-0.39, 0.29) is 16.6 Å². The summed E-state index contributed by atoms with van der Waals surface area (Å²) in [6.45, 7) is 11.3. The van der Waals surface area contributed by atoms with Crippen LogP contribution in [0.4, 0.5) is 0 Å². The van der Waals surface area contributed by atoms with E-state index in [0.29, 0.717) is 4.90 Å². The SMILES string of the molecule is CC(C)(C)c1cc(SO[P+](=O)OCO[P+](=O)O)cc(C(C)(C)C)c1O. The highest BCUT2D eigenvalue weighted by Crippen LogP contribution is 2.43. The number of phenolic OH excluding ortho intramolecular Hbond substituents is 1. The third kappa shape index (κ3) is 7.27. The van der Waals surface area contributed by atoms with Gasteiger partial charge < -0.3 is 5.11 Å². The first-order valence-corrected chi connectivity index (χ1v) is 10.4. The maximum Gasteiger partial charge on any atom is 0.712 e. The van der Waals surface area contributed by atoms with E-state index in [9.17, 15) is 14.2 Å². The van der Waals surface area contributed by atoms with Crippen molar-refractivity contribution in [1.29, 1.82) is 0 Å². The highest BCUT2D eigenvalue weighted by atomic mass is 32.2. The van der Waals surface area contributed by atoms with E-state index < -0.39 is 23.3 Å². The van der Waals surface area contributed by atoms with Gasteiger partial charge in [-0.15, -0.1) is 4.89 Å². The summed E-state index contributed by atoms with van der Waals surface area (Å²) in [6.07, 6.45) is 0. The van der Waals surface area contributed by atoms with Crippen molar-refractivity contribution < 1.29 is 32.1 Å². The number of rotatable bonds is 7. The first kappa shape index (κ1) is 22.5. The molecule has 2 unspecified atom stereocenters. The molecule has 25 heavy (non-hydrogen) atoms. The summed E-state index contributed by atoms with van der Waals surface area (Å²) in [5.41, 5.74) is 0.921. The monoisotopic (exact) mass is 410 g/mol. The Hall–Kier alpha value is -0.590. The quantitative estimate of drug-likeness (QED) is 0.354. The average molecular weight is 410 g/mol. The van der Waals surface area contributed by atoms with Crippen LogP contribution in [0.3, 0.4) is 0 Å². The molecule has 0 heterocycles. The molecule has 0 aliphatic rings. The van der Waals surface area contributed by atoms with Gasteiger partial charge in [0.1, 0.15) is 5.75 Å². The standard InChI is InChI=1S/C15H22O7P2S/c1-14(2,3)11-7-10(8-12(13(11)16)15(4,5)6)25-22-24(19)21-9-20-23(17)18/h7-8H,9H2,1-6H3/p+2. The number of aromatic hydroxyl groups is 1. The van der Waals surface area contributed by atoms with Crippen LogP contribution in [0.5, 0.6) is 5.75 Å². The predicted molar refractivity (Wildman–Crippen MR) is 96.9 cm³/mol. The molecule has 10 heteroatoms. The second-order valence-corrected chi connectivity index (χ2v) is 10.0. The van der Waals surface area contributed by atoms with Crippen molar-refractivity contribution in [3.8, 4) is 5.75 Å². The van der Waals surface area contributed by atoms with Crippen LogP contribution >= 0.6 is 28.6 Å². The van der Waals surface area contributed by atoms with Gasteiger partial charge in [-0.3, -0.25) is 0 Å². The molecule has 0 saturated heterocycles. The topological polar surface area (TPSA) is 102 Å². The normalized spacial score (nSPS) is 13.7. The van der Waals surface area contributed by atoms with Crippen molar-refractivity contribution in [3.05, 3.63) is 23.3 Å². The lowest BCUT2D eigenvalue weighted by Crippen LogP contribution is -2.17. The third-order valence-electron chi connectivity index (χ3n) is 3.22. The average Bonchev–Trinajstić information content (AvgIpc) is 2.43.